The van der Waals surface area contributed by atoms with Crippen LogP contribution in [-0.2, 0) is 11.3 Å². The van der Waals surface area contributed by atoms with Crippen molar-refractivity contribution in [1.29, 1.82) is 0 Å². The van der Waals surface area contributed by atoms with Crippen LogP contribution in [0.4, 0.5) is 0 Å². The van der Waals surface area contributed by atoms with Crippen LogP contribution in [0.15, 0.2) is 24.3 Å². The van der Waals surface area contributed by atoms with Gasteiger partial charge in [0.05, 0.1) is 0 Å². The van der Waals surface area contributed by atoms with Gasteiger partial charge in [0.25, 0.3) is 0 Å². The standard InChI is InChI=1S/C17H23ClN2O2/c18-14-3-1-2-12(10-14)11-20-8-6-13(7-9-20)16(21)17(22)19-15-4-5-15/h1-3,10,13,15-16,21H,4-9,11H2,(H,19,22)/t16-/m0/s1. The van der Waals surface area contributed by atoms with Crippen LogP contribution in [0.2, 0.25) is 5.02 Å². The van der Waals surface area contributed by atoms with E-state index < -0.39 is 6.10 Å². The average Bonchev–Trinajstić information content (AvgIpc) is 3.31. The molecule has 1 aromatic rings. The molecule has 0 aromatic heterocycles. The van der Waals surface area contributed by atoms with Crippen molar-refractivity contribution in [3.05, 3.63) is 34.9 Å². The van der Waals surface area contributed by atoms with Gasteiger partial charge in [0, 0.05) is 17.6 Å². The Morgan fingerprint density at radius 3 is 2.68 bits per heavy atom. The van der Waals surface area contributed by atoms with Crippen molar-refractivity contribution in [3.8, 4) is 0 Å². The first-order valence-corrected chi connectivity index (χ1v) is 8.45. The summed E-state index contributed by atoms with van der Waals surface area (Å²) in [5.41, 5.74) is 1.21. The van der Waals surface area contributed by atoms with Crippen molar-refractivity contribution in [2.45, 2.75) is 44.4 Å². The monoisotopic (exact) mass is 322 g/mol. The molecule has 1 saturated carbocycles. The second-order valence-corrected chi connectivity index (χ2v) is 6.91. The topological polar surface area (TPSA) is 52.6 Å². The lowest BCUT2D eigenvalue weighted by atomic mass is 9.90. The van der Waals surface area contributed by atoms with Crippen LogP contribution in [0.1, 0.15) is 31.2 Å². The van der Waals surface area contributed by atoms with E-state index in [0.29, 0.717) is 6.04 Å². The van der Waals surface area contributed by atoms with Crippen molar-refractivity contribution < 1.29 is 9.90 Å². The van der Waals surface area contributed by atoms with E-state index in [1.807, 2.05) is 18.2 Å². The predicted octanol–water partition coefficient (Wildman–Crippen LogP) is 2.19. The summed E-state index contributed by atoms with van der Waals surface area (Å²) in [6.07, 6.45) is 2.97. The highest BCUT2D eigenvalue weighted by atomic mass is 35.5. The maximum absolute atomic E-state index is 11.9. The zero-order chi connectivity index (χ0) is 15.5. The number of halogens is 1. The smallest absolute Gasteiger partial charge is 0.249 e. The molecular weight excluding hydrogens is 300 g/mol. The lowest BCUT2D eigenvalue weighted by Gasteiger charge is -2.33. The van der Waals surface area contributed by atoms with E-state index in [2.05, 4.69) is 16.3 Å². The van der Waals surface area contributed by atoms with Crippen LogP contribution in [0.3, 0.4) is 0 Å². The van der Waals surface area contributed by atoms with Gasteiger partial charge in [-0.3, -0.25) is 9.69 Å². The average molecular weight is 323 g/mol. The van der Waals surface area contributed by atoms with Crippen molar-refractivity contribution in [2.24, 2.45) is 5.92 Å². The van der Waals surface area contributed by atoms with Gasteiger partial charge in [0.1, 0.15) is 6.10 Å². The Bertz CT molecular complexity index is 525. The fourth-order valence-corrected chi connectivity index (χ4v) is 3.26. The minimum atomic E-state index is -0.853. The van der Waals surface area contributed by atoms with Gasteiger partial charge in [-0.15, -0.1) is 0 Å². The quantitative estimate of drug-likeness (QED) is 0.873. The molecule has 2 fully saturated rings. The third-order valence-corrected chi connectivity index (χ3v) is 4.80. The molecule has 1 aliphatic heterocycles. The van der Waals surface area contributed by atoms with Crippen molar-refractivity contribution in [1.82, 2.24) is 10.2 Å². The summed E-state index contributed by atoms with van der Waals surface area (Å²) >= 11 is 6.01. The number of likely N-dealkylation sites (tertiary alicyclic amines) is 1. The summed E-state index contributed by atoms with van der Waals surface area (Å²) in [7, 11) is 0. The molecule has 120 valence electrons. The summed E-state index contributed by atoms with van der Waals surface area (Å²) in [5.74, 6) is -0.106. The molecular formula is C17H23ClN2O2. The molecule has 1 aromatic carbocycles. The minimum absolute atomic E-state index is 0.0781. The summed E-state index contributed by atoms with van der Waals surface area (Å²) in [6.45, 7) is 2.69. The van der Waals surface area contributed by atoms with E-state index in [1.165, 1.54) is 5.56 Å². The van der Waals surface area contributed by atoms with E-state index in [9.17, 15) is 9.90 Å². The number of hydrogen-bond acceptors (Lipinski definition) is 3. The highest BCUT2D eigenvalue weighted by molar-refractivity contribution is 6.30. The van der Waals surface area contributed by atoms with Crippen molar-refractivity contribution in [2.75, 3.05) is 13.1 Å². The molecule has 1 atom stereocenters. The third-order valence-electron chi connectivity index (χ3n) is 4.57. The van der Waals surface area contributed by atoms with E-state index >= 15 is 0 Å². The van der Waals surface area contributed by atoms with Gasteiger partial charge in [-0.2, -0.15) is 0 Å². The first kappa shape index (κ1) is 15.8. The number of hydrogen-bond donors (Lipinski definition) is 2. The van der Waals surface area contributed by atoms with Gasteiger partial charge in [-0.25, -0.2) is 0 Å². The number of nitrogens with zero attached hydrogens (tertiary/aromatic N) is 1. The summed E-state index contributed by atoms with van der Waals surface area (Å²) in [5, 5.41) is 13.8. The number of carbonyl (C=O) groups is 1. The fourth-order valence-electron chi connectivity index (χ4n) is 3.05. The van der Waals surface area contributed by atoms with E-state index in [4.69, 9.17) is 11.6 Å². The minimum Gasteiger partial charge on any atom is -0.383 e. The largest absolute Gasteiger partial charge is 0.383 e. The van der Waals surface area contributed by atoms with Crippen LogP contribution in [0, 0.1) is 5.92 Å². The summed E-state index contributed by atoms with van der Waals surface area (Å²) < 4.78 is 0. The molecule has 1 saturated heterocycles. The molecule has 2 N–H and O–H groups in total. The number of aliphatic hydroxyl groups is 1. The molecule has 1 amide bonds. The zero-order valence-electron chi connectivity index (χ0n) is 12.7. The van der Waals surface area contributed by atoms with E-state index in [1.54, 1.807) is 0 Å². The van der Waals surface area contributed by atoms with E-state index in [-0.39, 0.29) is 11.8 Å². The highest BCUT2D eigenvalue weighted by Gasteiger charge is 2.32. The maximum atomic E-state index is 11.9. The number of aliphatic hydroxyl groups excluding tert-OH is 1. The number of carbonyl (C=O) groups excluding carboxylic acids is 1. The SMILES string of the molecule is O=C(NC1CC1)[C@@H](O)C1CCN(Cc2cccc(Cl)c2)CC1. The zero-order valence-corrected chi connectivity index (χ0v) is 13.4. The van der Waals surface area contributed by atoms with Crippen LogP contribution in [0.25, 0.3) is 0 Å². The molecule has 0 spiro atoms. The number of nitrogens with one attached hydrogen (secondary N) is 1. The molecule has 22 heavy (non-hydrogen) atoms. The molecule has 0 bridgehead atoms. The van der Waals surface area contributed by atoms with Crippen LogP contribution in [0.5, 0.6) is 0 Å². The summed E-state index contributed by atoms with van der Waals surface area (Å²) in [4.78, 5) is 14.3. The Hall–Kier alpha value is -1.10. The number of piperidine rings is 1. The molecule has 0 radical (unpaired) electrons. The van der Waals surface area contributed by atoms with Crippen molar-refractivity contribution in [3.63, 3.8) is 0 Å². The first-order chi connectivity index (χ1) is 10.6. The van der Waals surface area contributed by atoms with Gasteiger partial charge >= 0.3 is 0 Å². The second-order valence-electron chi connectivity index (χ2n) is 6.47. The lowest BCUT2D eigenvalue weighted by molar-refractivity contribution is -0.133. The van der Waals surface area contributed by atoms with Gasteiger partial charge in [-0.05, 0) is 62.4 Å². The Morgan fingerprint density at radius 2 is 2.05 bits per heavy atom. The Morgan fingerprint density at radius 1 is 1.32 bits per heavy atom. The third kappa shape index (κ3) is 4.22. The molecule has 3 rings (SSSR count). The molecule has 0 unspecified atom stereocenters. The number of amides is 1. The number of rotatable bonds is 5. The molecule has 5 heteroatoms. The second kappa shape index (κ2) is 6.99. The highest BCUT2D eigenvalue weighted by Crippen LogP contribution is 2.24. The van der Waals surface area contributed by atoms with Gasteiger partial charge in [0.2, 0.25) is 5.91 Å². The van der Waals surface area contributed by atoms with Crippen molar-refractivity contribution >= 4 is 17.5 Å². The molecule has 1 aliphatic carbocycles. The Balaban J connectivity index is 1.46. The molecule has 4 nitrogen and oxygen atoms in total. The number of benzene rings is 1. The van der Waals surface area contributed by atoms with E-state index in [0.717, 1.165) is 50.3 Å². The normalized spacial score (nSPS) is 21.5. The van der Waals surface area contributed by atoms with Crippen LogP contribution < -0.4 is 5.32 Å². The first-order valence-electron chi connectivity index (χ1n) is 8.07. The van der Waals surface area contributed by atoms with Crippen LogP contribution >= 0.6 is 11.6 Å². The Labute approximate surface area is 136 Å². The van der Waals surface area contributed by atoms with Crippen LogP contribution in [-0.4, -0.2) is 41.1 Å². The summed E-state index contributed by atoms with van der Waals surface area (Å²) in [6, 6.07) is 8.23. The Kier molecular flexibility index (Phi) is 5.01. The fraction of sp³-hybridized carbons (Fsp3) is 0.588. The van der Waals surface area contributed by atoms with Gasteiger partial charge < -0.3 is 10.4 Å². The molecule has 1 heterocycles. The predicted molar refractivity (Wildman–Crippen MR) is 86.6 cm³/mol. The molecule has 2 aliphatic rings. The van der Waals surface area contributed by atoms with Gasteiger partial charge in [-0.1, -0.05) is 23.7 Å². The maximum Gasteiger partial charge on any atom is 0.249 e. The van der Waals surface area contributed by atoms with Gasteiger partial charge in [0.15, 0.2) is 0 Å². The lowest BCUT2D eigenvalue weighted by Crippen LogP contribution is -2.44.